The Labute approximate surface area is 132 Å². The minimum Gasteiger partial charge on any atom is -0.381 e. The van der Waals surface area contributed by atoms with Crippen LogP contribution in [-0.4, -0.2) is 0 Å². The molecular formula is C21H21N. The average molecular weight is 287 g/mol. The van der Waals surface area contributed by atoms with Gasteiger partial charge in [-0.1, -0.05) is 61.5 Å². The topological polar surface area (TPSA) is 12.0 Å². The second-order valence-corrected chi connectivity index (χ2v) is 6.65. The Hall–Kier alpha value is -2.28. The van der Waals surface area contributed by atoms with Crippen molar-refractivity contribution in [2.45, 2.75) is 25.8 Å². The van der Waals surface area contributed by atoms with Crippen molar-refractivity contribution in [1.82, 2.24) is 5.32 Å². The maximum absolute atomic E-state index is 3.49. The van der Waals surface area contributed by atoms with Crippen LogP contribution in [0.15, 0.2) is 78.5 Å². The fourth-order valence-electron chi connectivity index (χ4n) is 3.14. The van der Waals surface area contributed by atoms with Crippen molar-refractivity contribution in [1.29, 1.82) is 0 Å². The zero-order chi connectivity index (χ0) is 15.0. The summed E-state index contributed by atoms with van der Waals surface area (Å²) in [6.45, 7) is 2.37. The van der Waals surface area contributed by atoms with Crippen LogP contribution < -0.4 is 5.32 Å². The van der Waals surface area contributed by atoms with Gasteiger partial charge in [0.2, 0.25) is 0 Å². The molecule has 1 aliphatic carbocycles. The van der Waals surface area contributed by atoms with Crippen molar-refractivity contribution >= 4 is 0 Å². The number of hydrogen-bond acceptors (Lipinski definition) is 1. The first-order valence-corrected chi connectivity index (χ1v) is 8.05. The standard InChI is InChI=1S/C21H21N/c1-21(11-12-21)19-10-13-22-20(15-19)18-9-5-8-17(14-18)16-6-3-2-4-7-16/h2-10,13-15,20,22H,11-12H2,1H3. The fraction of sp³-hybridized carbons (Fsp3) is 0.238. The van der Waals surface area contributed by atoms with Crippen LogP contribution >= 0.6 is 0 Å². The molecule has 1 N–H and O–H groups in total. The van der Waals surface area contributed by atoms with Crippen molar-refractivity contribution in [2.24, 2.45) is 5.41 Å². The molecule has 2 aromatic rings. The van der Waals surface area contributed by atoms with E-state index < -0.39 is 0 Å². The lowest BCUT2D eigenvalue weighted by Gasteiger charge is -2.23. The Kier molecular flexibility index (Phi) is 3.15. The van der Waals surface area contributed by atoms with Gasteiger partial charge in [-0.05, 0) is 58.9 Å². The smallest absolute Gasteiger partial charge is 0.0698 e. The molecule has 1 nitrogen and oxygen atoms in total. The van der Waals surface area contributed by atoms with Gasteiger partial charge < -0.3 is 5.32 Å². The van der Waals surface area contributed by atoms with Crippen molar-refractivity contribution in [2.75, 3.05) is 0 Å². The van der Waals surface area contributed by atoms with Gasteiger partial charge in [-0.15, -0.1) is 0 Å². The molecule has 1 fully saturated rings. The Morgan fingerprint density at radius 2 is 1.73 bits per heavy atom. The first-order chi connectivity index (χ1) is 10.7. The molecule has 1 heteroatoms. The van der Waals surface area contributed by atoms with Gasteiger partial charge in [0.05, 0.1) is 6.04 Å². The molecule has 0 aromatic heterocycles. The molecule has 0 radical (unpaired) electrons. The lowest BCUT2D eigenvalue weighted by Crippen LogP contribution is -2.18. The summed E-state index contributed by atoms with van der Waals surface area (Å²) in [5.41, 5.74) is 5.79. The van der Waals surface area contributed by atoms with Crippen LogP contribution in [0.2, 0.25) is 0 Å². The molecule has 2 aromatic carbocycles. The molecule has 1 saturated carbocycles. The summed E-state index contributed by atoms with van der Waals surface area (Å²) in [5.74, 6) is 0. The summed E-state index contributed by atoms with van der Waals surface area (Å²) in [6.07, 6.45) is 9.39. The normalized spacial score (nSPS) is 21.9. The second-order valence-electron chi connectivity index (χ2n) is 6.65. The third-order valence-corrected chi connectivity index (χ3v) is 4.93. The molecule has 0 spiro atoms. The second kappa shape index (κ2) is 5.17. The van der Waals surface area contributed by atoms with Gasteiger partial charge in [-0.25, -0.2) is 0 Å². The summed E-state index contributed by atoms with van der Waals surface area (Å²) in [4.78, 5) is 0. The highest BCUT2D eigenvalue weighted by molar-refractivity contribution is 5.64. The first-order valence-electron chi connectivity index (χ1n) is 8.05. The Morgan fingerprint density at radius 1 is 0.955 bits per heavy atom. The van der Waals surface area contributed by atoms with E-state index in [0.29, 0.717) is 5.41 Å². The lowest BCUT2D eigenvalue weighted by atomic mass is 9.91. The van der Waals surface area contributed by atoms with Gasteiger partial charge in [0.15, 0.2) is 0 Å². The third kappa shape index (κ3) is 2.48. The largest absolute Gasteiger partial charge is 0.381 e. The van der Waals surface area contributed by atoms with Gasteiger partial charge in [0.1, 0.15) is 0 Å². The Bertz CT molecular complexity index is 736. The van der Waals surface area contributed by atoms with Crippen LogP contribution in [0.1, 0.15) is 31.4 Å². The molecule has 0 amide bonds. The number of nitrogens with one attached hydrogen (secondary N) is 1. The number of rotatable bonds is 3. The molecule has 2 aliphatic rings. The van der Waals surface area contributed by atoms with E-state index in [0.717, 1.165) is 0 Å². The monoisotopic (exact) mass is 287 g/mol. The van der Waals surface area contributed by atoms with E-state index in [1.807, 2.05) is 0 Å². The maximum atomic E-state index is 3.49. The minimum absolute atomic E-state index is 0.279. The van der Waals surface area contributed by atoms with Crippen LogP contribution in [0.5, 0.6) is 0 Å². The van der Waals surface area contributed by atoms with Crippen LogP contribution in [-0.2, 0) is 0 Å². The maximum Gasteiger partial charge on any atom is 0.0698 e. The van der Waals surface area contributed by atoms with Gasteiger partial charge in [-0.2, -0.15) is 0 Å². The van der Waals surface area contributed by atoms with Gasteiger partial charge in [0, 0.05) is 0 Å². The van der Waals surface area contributed by atoms with Gasteiger partial charge in [0.25, 0.3) is 0 Å². The first kappa shape index (κ1) is 13.4. The molecular weight excluding hydrogens is 266 g/mol. The zero-order valence-corrected chi connectivity index (χ0v) is 12.9. The van der Waals surface area contributed by atoms with E-state index in [1.54, 1.807) is 0 Å². The predicted molar refractivity (Wildman–Crippen MR) is 92.3 cm³/mol. The van der Waals surface area contributed by atoms with Crippen molar-refractivity contribution < 1.29 is 0 Å². The number of hydrogen-bond donors (Lipinski definition) is 1. The quantitative estimate of drug-likeness (QED) is 0.814. The van der Waals surface area contributed by atoms with Crippen molar-refractivity contribution in [3.05, 3.63) is 84.1 Å². The van der Waals surface area contributed by atoms with E-state index in [4.69, 9.17) is 0 Å². The molecule has 4 rings (SSSR count). The van der Waals surface area contributed by atoms with Crippen LogP contribution in [0, 0.1) is 5.41 Å². The molecule has 110 valence electrons. The van der Waals surface area contributed by atoms with E-state index >= 15 is 0 Å². The average Bonchev–Trinajstić information content (AvgIpc) is 3.35. The van der Waals surface area contributed by atoms with E-state index in [-0.39, 0.29) is 6.04 Å². The summed E-state index contributed by atoms with van der Waals surface area (Å²) < 4.78 is 0. The number of allylic oxidation sites excluding steroid dienone is 2. The van der Waals surface area contributed by atoms with Crippen LogP contribution in [0.25, 0.3) is 11.1 Å². The third-order valence-electron chi connectivity index (χ3n) is 4.93. The van der Waals surface area contributed by atoms with Crippen molar-refractivity contribution in [3.63, 3.8) is 0 Å². The summed E-state index contributed by atoms with van der Waals surface area (Å²) >= 11 is 0. The van der Waals surface area contributed by atoms with E-state index in [2.05, 4.69) is 85.2 Å². The highest BCUT2D eigenvalue weighted by Gasteiger charge is 2.40. The lowest BCUT2D eigenvalue weighted by molar-refractivity contribution is 0.659. The fourth-order valence-corrected chi connectivity index (χ4v) is 3.14. The number of dihydropyridines is 1. The summed E-state index contributed by atoms with van der Waals surface area (Å²) in [5, 5.41) is 3.49. The molecule has 0 bridgehead atoms. The SMILES string of the molecule is CC1(C2=CC(c3cccc(-c4ccccc4)c3)NC=C2)CC1. The highest BCUT2D eigenvalue weighted by atomic mass is 14.9. The molecule has 1 atom stereocenters. The van der Waals surface area contributed by atoms with Gasteiger partial charge >= 0.3 is 0 Å². The van der Waals surface area contributed by atoms with Gasteiger partial charge in [-0.3, -0.25) is 0 Å². The molecule has 1 unspecified atom stereocenters. The number of benzene rings is 2. The molecule has 0 saturated heterocycles. The molecule has 22 heavy (non-hydrogen) atoms. The minimum atomic E-state index is 0.279. The molecule has 1 heterocycles. The van der Waals surface area contributed by atoms with Crippen LogP contribution in [0.4, 0.5) is 0 Å². The van der Waals surface area contributed by atoms with Crippen LogP contribution in [0.3, 0.4) is 0 Å². The Morgan fingerprint density at radius 3 is 2.50 bits per heavy atom. The highest BCUT2D eigenvalue weighted by Crippen LogP contribution is 2.52. The summed E-state index contributed by atoms with van der Waals surface area (Å²) in [7, 11) is 0. The predicted octanol–water partition coefficient (Wildman–Crippen LogP) is 5.24. The van der Waals surface area contributed by atoms with E-state index in [1.165, 1.54) is 35.1 Å². The van der Waals surface area contributed by atoms with E-state index in [9.17, 15) is 0 Å². The Balaban J connectivity index is 1.66. The van der Waals surface area contributed by atoms with Crippen molar-refractivity contribution in [3.8, 4) is 11.1 Å². The molecule has 1 aliphatic heterocycles. The summed E-state index contributed by atoms with van der Waals surface area (Å²) in [6, 6.07) is 19.7. The zero-order valence-electron chi connectivity index (χ0n) is 12.9.